The van der Waals surface area contributed by atoms with Crippen molar-refractivity contribution in [3.05, 3.63) is 90.0 Å². The van der Waals surface area contributed by atoms with Crippen molar-refractivity contribution in [2.24, 2.45) is 4.99 Å². The fraction of sp³-hybridized carbons (Fsp3) is 0.312. The van der Waals surface area contributed by atoms with Crippen LogP contribution in [0, 0.1) is 5.82 Å². The van der Waals surface area contributed by atoms with E-state index in [2.05, 4.69) is 25.1 Å². The number of nitrogens with one attached hydrogen (secondary N) is 1. The predicted molar refractivity (Wildman–Crippen MR) is 167 cm³/mol. The van der Waals surface area contributed by atoms with Gasteiger partial charge in [-0.1, -0.05) is 49.9 Å². The van der Waals surface area contributed by atoms with Crippen LogP contribution < -0.4 is 15.0 Å². The third kappa shape index (κ3) is 7.83. The molecular formula is C32H32F4N6O2S. The zero-order valence-electron chi connectivity index (χ0n) is 25.1. The molecule has 2 amide bonds. The molecule has 0 bridgehead atoms. The molecule has 236 valence electrons. The van der Waals surface area contributed by atoms with Crippen molar-refractivity contribution in [1.82, 2.24) is 20.1 Å². The molecular weight excluding hydrogens is 608 g/mol. The van der Waals surface area contributed by atoms with Gasteiger partial charge in [-0.2, -0.15) is 4.99 Å². The van der Waals surface area contributed by atoms with E-state index in [0.29, 0.717) is 28.8 Å². The van der Waals surface area contributed by atoms with Gasteiger partial charge < -0.3 is 15.0 Å². The van der Waals surface area contributed by atoms with E-state index in [0.717, 1.165) is 29.0 Å². The summed E-state index contributed by atoms with van der Waals surface area (Å²) < 4.78 is 56.7. The summed E-state index contributed by atoms with van der Waals surface area (Å²) >= 11 is 1.50. The minimum absolute atomic E-state index is 0.0943. The Hall–Kier alpha value is -4.39. The number of halogens is 4. The number of carbonyl (C=O) groups excluding carboxylic acids is 1. The maximum Gasteiger partial charge on any atom is 0.573 e. The lowest BCUT2D eigenvalue weighted by Gasteiger charge is -2.32. The van der Waals surface area contributed by atoms with Gasteiger partial charge in [0.1, 0.15) is 17.9 Å². The van der Waals surface area contributed by atoms with Gasteiger partial charge in [0.05, 0.1) is 11.2 Å². The summed E-state index contributed by atoms with van der Waals surface area (Å²) in [5.74, 6) is 0.714. The number of aliphatic imine (C=N–C) groups is 1. The molecule has 0 saturated carbocycles. The van der Waals surface area contributed by atoms with Gasteiger partial charge in [0.2, 0.25) is 0 Å². The second kappa shape index (κ2) is 12.9. The number of benzene rings is 3. The molecule has 1 saturated heterocycles. The quantitative estimate of drug-likeness (QED) is 0.206. The van der Waals surface area contributed by atoms with Crippen molar-refractivity contribution < 1.29 is 27.1 Å². The Morgan fingerprint density at radius 2 is 1.76 bits per heavy atom. The summed E-state index contributed by atoms with van der Waals surface area (Å²) in [6.45, 7) is 8.45. The van der Waals surface area contributed by atoms with Crippen molar-refractivity contribution in [2.45, 2.75) is 51.9 Å². The van der Waals surface area contributed by atoms with Gasteiger partial charge >= 0.3 is 12.4 Å². The van der Waals surface area contributed by atoms with Crippen LogP contribution in [0.3, 0.4) is 0 Å². The van der Waals surface area contributed by atoms with Gasteiger partial charge in [-0.15, -0.1) is 18.3 Å². The lowest BCUT2D eigenvalue weighted by atomic mass is 9.93. The number of carbonyl (C=O) groups is 1. The van der Waals surface area contributed by atoms with E-state index in [1.54, 1.807) is 6.07 Å². The number of amides is 2. The third-order valence-corrected chi connectivity index (χ3v) is 8.26. The first-order chi connectivity index (χ1) is 21.3. The maximum absolute atomic E-state index is 14.0. The van der Waals surface area contributed by atoms with E-state index in [4.69, 9.17) is 0 Å². The zero-order valence-corrected chi connectivity index (χ0v) is 25.9. The smallest absolute Gasteiger partial charge is 0.406 e. The van der Waals surface area contributed by atoms with Crippen molar-refractivity contribution >= 4 is 28.6 Å². The van der Waals surface area contributed by atoms with Gasteiger partial charge in [0.15, 0.2) is 11.0 Å². The van der Waals surface area contributed by atoms with Gasteiger partial charge in [-0.05, 0) is 79.8 Å². The van der Waals surface area contributed by atoms with E-state index >= 15 is 0 Å². The largest absolute Gasteiger partial charge is 0.573 e. The first-order valence-electron chi connectivity index (χ1n) is 14.3. The Balaban J connectivity index is 1.28. The molecule has 4 aromatic rings. The van der Waals surface area contributed by atoms with Crippen LogP contribution in [0.4, 0.5) is 28.0 Å². The first kappa shape index (κ1) is 32.0. The Labute approximate surface area is 262 Å². The number of anilines is 1. The number of ether oxygens (including phenoxy) is 1. The molecule has 0 aliphatic carbocycles. The van der Waals surface area contributed by atoms with Crippen LogP contribution in [0.5, 0.6) is 5.75 Å². The van der Waals surface area contributed by atoms with Crippen LogP contribution in [0.25, 0.3) is 17.1 Å². The molecule has 1 aromatic heterocycles. The van der Waals surface area contributed by atoms with E-state index < -0.39 is 17.9 Å². The molecule has 3 aromatic carbocycles. The second-order valence-corrected chi connectivity index (χ2v) is 12.4. The summed E-state index contributed by atoms with van der Waals surface area (Å²) in [5.41, 5.74) is 3.00. The molecule has 5 rings (SSSR count). The summed E-state index contributed by atoms with van der Waals surface area (Å²) in [6, 6.07) is 16.9. The predicted octanol–water partition coefficient (Wildman–Crippen LogP) is 8.04. The highest BCUT2D eigenvalue weighted by Crippen LogP contribution is 2.33. The highest BCUT2D eigenvalue weighted by molar-refractivity contribution is 8.14. The number of nitrogens with zero attached hydrogens (tertiary/aromatic N) is 5. The van der Waals surface area contributed by atoms with Crippen molar-refractivity contribution in [2.75, 3.05) is 17.2 Å². The van der Waals surface area contributed by atoms with Gasteiger partial charge in [0, 0.05) is 23.5 Å². The number of alkyl halides is 3. The number of hydrogen-bond donors (Lipinski definition) is 1. The molecule has 0 unspecified atom stereocenters. The number of aromatic nitrogens is 3. The highest BCUT2D eigenvalue weighted by Gasteiger charge is 2.31. The minimum Gasteiger partial charge on any atom is -0.406 e. The van der Waals surface area contributed by atoms with E-state index in [1.807, 2.05) is 56.9 Å². The summed E-state index contributed by atoms with van der Waals surface area (Å²) in [7, 11) is 0. The molecule has 1 N–H and O–H groups in total. The Kier molecular flexibility index (Phi) is 9.19. The van der Waals surface area contributed by atoms with Crippen LogP contribution in [-0.4, -0.2) is 44.6 Å². The first-order valence-corrected chi connectivity index (χ1v) is 15.3. The fourth-order valence-electron chi connectivity index (χ4n) is 4.92. The number of urea groups is 1. The number of hydrogen-bond acceptors (Lipinski definition) is 5. The van der Waals surface area contributed by atoms with Crippen LogP contribution in [0.2, 0.25) is 0 Å². The van der Waals surface area contributed by atoms with E-state index in [1.165, 1.54) is 59.2 Å². The average Bonchev–Trinajstić information content (AvgIpc) is 3.47. The standard InChI is InChI=1S/C32H32F4N6O2S/c1-20(2)26-18-23(33)10-15-27(26)41-16-5-17-45-30(41)38-29(43)39-31(3,4)22-8-6-21(7-9-22)28-37-19-42(40-28)24-11-13-25(14-12-24)44-32(34,35)36/h6-15,18-20H,5,16-17H2,1-4H3,(H,39,43)/b38-30-. The number of rotatable bonds is 7. The molecule has 1 aliphatic heterocycles. The normalized spacial score (nSPS) is 15.0. The molecule has 2 heterocycles. The van der Waals surface area contributed by atoms with Crippen molar-refractivity contribution in [3.63, 3.8) is 0 Å². The van der Waals surface area contributed by atoms with Crippen molar-refractivity contribution in [3.8, 4) is 22.8 Å². The van der Waals surface area contributed by atoms with Crippen LogP contribution in [0.1, 0.15) is 51.2 Å². The highest BCUT2D eigenvalue weighted by atomic mass is 32.2. The van der Waals surface area contributed by atoms with Crippen molar-refractivity contribution in [1.29, 1.82) is 0 Å². The minimum atomic E-state index is -4.77. The lowest BCUT2D eigenvalue weighted by Crippen LogP contribution is -2.41. The monoisotopic (exact) mass is 640 g/mol. The topological polar surface area (TPSA) is 84.6 Å². The molecule has 45 heavy (non-hydrogen) atoms. The van der Waals surface area contributed by atoms with Crippen LogP contribution in [0.15, 0.2) is 78.0 Å². The van der Waals surface area contributed by atoms with E-state index in [-0.39, 0.29) is 17.5 Å². The summed E-state index contributed by atoms with van der Waals surface area (Å²) in [5, 5.41) is 8.01. The van der Waals surface area contributed by atoms with Gasteiger partial charge in [0.25, 0.3) is 0 Å². The summed E-state index contributed by atoms with van der Waals surface area (Å²) in [4.78, 5) is 23.9. The molecule has 1 aliphatic rings. The molecule has 0 atom stereocenters. The lowest BCUT2D eigenvalue weighted by molar-refractivity contribution is -0.274. The third-order valence-electron chi connectivity index (χ3n) is 7.20. The molecule has 0 radical (unpaired) electrons. The van der Waals surface area contributed by atoms with E-state index in [9.17, 15) is 22.4 Å². The second-order valence-electron chi connectivity index (χ2n) is 11.3. The SMILES string of the molecule is CC(C)c1cc(F)ccc1N1CCCS/C1=N\C(=O)NC(C)(C)c1ccc(-c2ncn(-c3ccc(OC(F)(F)F)cc3)n2)cc1. The van der Waals surface area contributed by atoms with Crippen LogP contribution >= 0.6 is 11.8 Å². The van der Waals surface area contributed by atoms with Gasteiger partial charge in [-0.25, -0.2) is 18.9 Å². The fourth-order valence-corrected chi connectivity index (χ4v) is 5.87. The Morgan fingerprint density at radius 3 is 2.42 bits per heavy atom. The van der Waals surface area contributed by atoms with Crippen LogP contribution in [-0.2, 0) is 5.54 Å². The van der Waals surface area contributed by atoms with Gasteiger partial charge in [-0.3, -0.25) is 0 Å². The zero-order chi connectivity index (χ0) is 32.4. The average molecular weight is 641 g/mol. The Bertz CT molecular complexity index is 1690. The maximum atomic E-state index is 14.0. The molecule has 1 fully saturated rings. The number of thioether (sulfide) groups is 1. The summed E-state index contributed by atoms with van der Waals surface area (Å²) in [6.07, 6.45) is -2.39. The molecule has 8 nitrogen and oxygen atoms in total. The Morgan fingerprint density at radius 1 is 1.04 bits per heavy atom. The number of amidine groups is 1. The molecule has 13 heteroatoms. The molecule has 0 spiro atoms.